The Morgan fingerprint density at radius 2 is 2.05 bits per heavy atom. The van der Waals surface area contributed by atoms with E-state index in [2.05, 4.69) is 4.98 Å². The van der Waals surface area contributed by atoms with Gasteiger partial charge < -0.3 is 15.4 Å². The van der Waals surface area contributed by atoms with Crippen molar-refractivity contribution in [3.05, 3.63) is 47.0 Å². The lowest BCUT2D eigenvalue weighted by Crippen LogP contribution is -2.31. The van der Waals surface area contributed by atoms with Crippen LogP contribution >= 0.6 is 11.3 Å². The van der Waals surface area contributed by atoms with Gasteiger partial charge in [-0.2, -0.15) is 0 Å². The third kappa shape index (κ3) is 2.43. The number of piperidine rings is 1. The Bertz CT molecular complexity index is 676. The van der Waals surface area contributed by atoms with Crippen molar-refractivity contribution in [2.24, 2.45) is 11.8 Å². The largest absolute Gasteiger partial charge is 0.445 e. The number of rotatable bonds is 3. The number of nitrogens with zero attached hydrogens (tertiary/aromatic N) is 2. The molecule has 2 N–H and O–H groups in total. The van der Waals surface area contributed by atoms with Crippen molar-refractivity contribution in [2.75, 3.05) is 18.8 Å². The highest BCUT2D eigenvalue weighted by Crippen LogP contribution is 2.59. The van der Waals surface area contributed by atoms with Crippen LogP contribution in [0.15, 0.2) is 36.5 Å². The topological polar surface area (TPSA) is 68.5 Å². The van der Waals surface area contributed by atoms with E-state index in [9.17, 15) is 4.79 Å². The highest BCUT2D eigenvalue weighted by molar-refractivity contribution is 7.15. The Labute approximate surface area is 132 Å². The first-order chi connectivity index (χ1) is 10.7. The Hall–Kier alpha value is -2.08. The maximum Gasteiger partial charge on any atom is 0.410 e. The molecule has 0 unspecified atom stereocenters. The molecule has 22 heavy (non-hydrogen) atoms. The van der Waals surface area contributed by atoms with Crippen LogP contribution in [0.4, 0.5) is 9.93 Å². The second-order valence-electron chi connectivity index (χ2n) is 5.90. The molecule has 2 aliphatic rings. The van der Waals surface area contributed by atoms with E-state index in [1.165, 1.54) is 4.88 Å². The van der Waals surface area contributed by atoms with Gasteiger partial charge in [0.05, 0.1) is 0 Å². The average Bonchev–Trinajstić information content (AvgIpc) is 2.91. The summed E-state index contributed by atoms with van der Waals surface area (Å²) in [7, 11) is 0. The monoisotopic (exact) mass is 315 g/mol. The van der Waals surface area contributed by atoms with Crippen LogP contribution < -0.4 is 5.73 Å². The van der Waals surface area contributed by atoms with E-state index in [4.69, 9.17) is 10.5 Å². The van der Waals surface area contributed by atoms with Gasteiger partial charge in [0, 0.05) is 30.1 Å². The Morgan fingerprint density at radius 1 is 1.32 bits per heavy atom. The molecule has 114 valence electrons. The van der Waals surface area contributed by atoms with Crippen LogP contribution in [-0.4, -0.2) is 29.1 Å². The van der Waals surface area contributed by atoms with Crippen molar-refractivity contribution in [2.45, 2.75) is 12.5 Å². The van der Waals surface area contributed by atoms with Crippen LogP contribution in [0.3, 0.4) is 0 Å². The highest BCUT2D eigenvalue weighted by Gasteiger charge is 2.58. The van der Waals surface area contributed by atoms with Crippen molar-refractivity contribution >= 4 is 22.6 Å². The predicted octanol–water partition coefficient (Wildman–Crippen LogP) is 2.71. The van der Waals surface area contributed by atoms with Crippen molar-refractivity contribution in [3.63, 3.8) is 0 Å². The molecule has 6 heteroatoms. The Morgan fingerprint density at radius 3 is 2.68 bits per heavy atom. The molecule has 5 nitrogen and oxygen atoms in total. The van der Waals surface area contributed by atoms with Crippen LogP contribution in [-0.2, 0) is 11.3 Å². The molecule has 2 aromatic rings. The number of hydrogen-bond donors (Lipinski definition) is 1. The zero-order valence-electron chi connectivity index (χ0n) is 12.0. The zero-order chi connectivity index (χ0) is 15.1. The minimum absolute atomic E-state index is 0.210. The number of hydrogen-bond acceptors (Lipinski definition) is 5. The fourth-order valence-corrected chi connectivity index (χ4v) is 4.30. The summed E-state index contributed by atoms with van der Waals surface area (Å²) in [5, 5.41) is 0.624. The molecule has 1 saturated carbocycles. The molecular formula is C16H17N3O2S. The molecular weight excluding hydrogens is 298 g/mol. The van der Waals surface area contributed by atoms with E-state index in [-0.39, 0.29) is 6.09 Å². The SMILES string of the molecule is Nc1ncc([C@H]2[C@@H]3CN(C(=O)OCc4ccccc4)C[C@@H]32)s1. The van der Waals surface area contributed by atoms with Crippen molar-refractivity contribution in [1.29, 1.82) is 0 Å². The van der Waals surface area contributed by atoms with E-state index < -0.39 is 0 Å². The molecule has 1 aromatic carbocycles. The first-order valence-corrected chi connectivity index (χ1v) is 8.21. The number of carbonyl (C=O) groups excluding carboxylic acids is 1. The summed E-state index contributed by atoms with van der Waals surface area (Å²) in [6.45, 7) is 1.89. The zero-order valence-corrected chi connectivity index (χ0v) is 12.8. The normalized spacial score (nSPS) is 25.8. The third-order valence-electron chi connectivity index (χ3n) is 4.53. The minimum Gasteiger partial charge on any atom is -0.445 e. The maximum absolute atomic E-state index is 12.1. The summed E-state index contributed by atoms with van der Waals surface area (Å²) in [6, 6.07) is 9.75. The molecule has 1 aromatic heterocycles. The van der Waals surface area contributed by atoms with Gasteiger partial charge in [-0.15, -0.1) is 11.3 Å². The minimum atomic E-state index is -0.210. The van der Waals surface area contributed by atoms with Crippen LogP contribution in [0, 0.1) is 11.8 Å². The van der Waals surface area contributed by atoms with E-state index in [0.717, 1.165) is 18.7 Å². The molecule has 1 aliphatic carbocycles. The molecule has 0 bridgehead atoms. The number of thiazole rings is 1. The molecule has 0 spiro atoms. The number of aromatic nitrogens is 1. The van der Waals surface area contributed by atoms with Crippen LogP contribution in [0.25, 0.3) is 0 Å². The van der Waals surface area contributed by atoms with E-state index in [1.807, 2.05) is 41.4 Å². The molecule has 3 atom stereocenters. The lowest BCUT2D eigenvalue weighted by atomic mass is 10.2. The summed E-state index contributed by atoms with van der Waals surface area (Å²) in [4.78, 5) is 19.3. The number of amides is 1. The number of likely N-dealkylation sites (tertiary alicyclic amines) is 1. The summed E-state index contributed by atoms with van der Waals surface area (Å²) in [5.74, 6) is 1.63. The fourth-order valence-electron chi connectivity index (χ4n) is 3.36. The van der Waals surface area contributed by atoms with Crippen molar-refractivity contribution in [3.8, 4) is 0 Å². The van der Waals surface area contributed by atoms with Crippen LogP contribution in [0.1, 0.15) is 16.4 Å². The van der Waals surface area contributed by atoms with Gasteiger partial charge >= 0.3 is 6.09 Å². The molecule has 2 fully saturated rings. The summed E-state index contributed by atoms with van der Waals surface area (Å²) < 4.78 is 5.38. The van der Waals surface area contributed by atoms with Crippen LogP contribution in [0.2, 0.25) is 0 Å². The maximum atomic E-state index is 12.1. The number of anilines is 1. The van der Waals surface area contributed by atoms with Gasteiger partial charge in [-0.05, 0) is 17.4 Å². The van der Waals surface area contributed by atoms with Crippen molar-refractivity contribution in [1.82, 2.24) is 9.88 Å². The number of benzene rings is 1. The average molecular weight is 315 g/mol. The molecule has 4 rings (SSSR count). The smallest absolute Gasteiger partial charge is 0.410 e. The Balaban J connectivity index is 1.29. The van der Waals surface area contributed by atoms with Gasteiger partial charge in [0.15, 0.2) is 5.13 Å². The second kappa shape index (κ2) is 5.28. The molecule has 0 radical (unpaired) electrons. The van der Waals surface area contributed by atoms with Gasteiger partial charge in [0.2, 0.25) is 0 Å². The van der Waals surface area contributed by atoms with E-state index in [0.29, 0.717) is 29.5 Å². The van der Waals surface area contributed by atoms with Crippen LogP contribution in [0.5, 0.6) is 0 Å². The van der Waals surface area contributed by atoms with Gasteiger partial charge in [0.25, 0.3) is 0 Å². The first-order valence-electron chi connectivity index (χ1n) is 7.39. The van der Waals surface area contributed by atoms with E-state index >= 15 is 0 Å². The van der Waals surface area contributed by atoms with Gasteiger partial charge in [0.1, 0.15) is 6.61 Å². The highest BCUT2D eigenvalue weighted by atomic mass is 32.1. The predicted molar refractivity (Wildman–Crippen MR) is 84.4 cm³/mol. The summed E-state index contributed by atoms with van der Waals surface area (Å²) in [5.41, 5.74) is 6.70. The molecule has 1 saturated heterocycles. The third-order valence-corrected chi connectivity index (χ3v) is 5.46. The lowest BCUT2D eigenvalue weighted by Gasteiger charge is -2.19. The number of ether oxygens (including phenoxy) is 1. The fraction of sp³-hybridized carbons (Fsp3) is 0.375. The number of carbonyl (C=O) groups is 1. The molecule has 1 aliphatic heterocycles. The number of nitrogens with two attached hydrogens (primary N) is 1. The van der Waals surface area contributed by atoms with Crippen molar-refractivity contribution < 1.29 is 9.53 Å². The van der Waals surface area contributed by atoms with Gasteiger partial charge in [-0.1, -0.05) is 30.3 Å². The summed E-state index contributed by atoms with van der Waals surface area (Å²) >= 11 is 1.56. The Kier molecular flexibility index (Phi) is 3.26. The van der Waals surface area contributed by atoms with Gasteiger partial charge in [-0.25, -0.2) is 9.78 Å². The lowest BCUT2D eigenvalue weighted by molar-refractivity contribution is 0.0998. The number of nitrogen functional groups attached to an aromatic ring is 1. The molecule has 1 amide bonds. The molecule has 2 heterocycles. The van der Waals surface area contributed by atoms with Gasteiger partial charge in [-0.3, -0.25) is 0 Å². The summed E-state index contributed by atoms with van der Waals surface area (Å²) in [6.07, 6.45) is 1.67. The first kappa shape index (κ1) is 13.6. The number of fused-ring (bicyclic) bond motifs is 1. The standard InChI is InChI=1S/C16H17N3O2S/c17-15-18-6-13(22-15)14-11-7-19(8-12(11)14)16(20)21-9-10-4-2-1-3-5-10/h1-6,11-12,14H,7-9H2,(H2,17,18)/t11-,12+,14+. The quantitative estimate of drug-likeness (QED) is 0.945. The van der Waals surface area contributed by atoms with E-state index in [1.54, 1.807) is 11.3 Å². The second-order valence-corrected chi connectivity index (χ2v) is 6.99.